The molecule has 1 aliphatic rings. The number of hydrogen-bond acceptors (Lipinski definition) is 3. The summed E-state index contributed by atoms with van der Waals surface area (Å²) in [6, 6.07) is 5.14. The lowest BCUT2D eigenvalue weighted by Gasteiger charge is -2.22. The number of amides is 1. The Kier molecular flexibility index (Phi) is 5.08. The number of hydrogen-bond donors (Lipinski definition) is 1. The predicted molar refractivity (Wildman–Crippen MR) is 76.9 cm³/mol. The molecule has 7 heteroatoms. The molecule has 1 saturated heterocycles. The maximum absolute atomic E-state index is 12.5. The molecule has 1 amide bonds. The number of likely N-dealkylation sites (N-methyl/N-ethyl adjacent to an activating group) is 1. The average molecular weight is 315 g/mol. The van der Waals surface area contributed by atoms with Crippen molar-refractivity contribution in [3.63, 3.8) is 0 Å². The van der Waals surface area contributed by atoms with Crippen molar-refractivity contribution >= 4 is 5.91 Å². The molecule has 0 unspecified atom stereocenters. The van der Waals surface area contributed by atoms with Gasteiger partial charge in [-0.3, -0.25) is 9.69 Å². The highest BCUT2D eigenvalue weighted by Gasteiger charge is 2.30. The van der Waals surface area contributed by atoms with E-state index in [1.807, 2.05) is 11.9 Å². The molecule has 2 rings (SSSR count). The van der Waals surface area contributed by atoms with Crippen molar-refractivity contribution in [3.8, 4) is 0 Å². The van der Waals surface area contributed by atoms with Crippen LogP contribution < -0.4 is 5.73 Å². The molecule has 1 fully saturated rings. The third kappa shape index (κ3) is 4.45. The zero-order valence-corrected chi connectivity index (χ0v) is 12.4. The summed E-state index contributed by atoms with van der Waals surface area (Å²) in [4.78, 5) is 15.6. The number of benzene rings is 1. The molecule has 1 heterocycles. The molecular formula is C15H20F3N3O. The lowest BCUT2D eigenvalue weighted by atomic mass is 10.1. The van der Waals surface area contributed by atoms with Gasteiger partial charge in [0.15, 0.2) is 0 Å². The van der Waals surface area contributed by atoms with Crippen LogP contribution in [0.2, 0.25) is 0 Å². The van der Waals surface area contributed by atoms with Crippen LogP contribution in [0.25, 0.3) is 0 Å². The van der Waals surface area contributed by atoms with Crippen molar-refractivity contribution in [1.82, 2.24) is 9.80 Å². The second kappa shape index (κ2) is 6.66. The van der Waals surface area contributed by atoms with Crippen LogP contribution in [0.5, 0.6) is 0 Å². The lowest BCUT2D eigenvalue weighted by molar-refractivity contribution is -0.137. The molecule has 1 aromatic carbocycles. The summed E-state index contributed by atoms with van der Waals surface area (Å²) in [7, 11) is 1.93. The fourth-order valence-electron chi connectivity index (χ4n) is 2.62. The molecule has 0 bridgehead atoms. The summed E-state index contributed by atoms with van der Waals surface area (Å²) in [5, 5.41) is 0. The molecule has 0 radical (unpaired) electrons. The summed E-state index contributed by atoms with van der Waals surface area (Å²) in [5.74, 6) is -0.604. The van der Waals surface area contributed by atoms with Crippen LogP contribution in [0.1, 0.15) is 11.1 Å². The quantitative estimate of drug-likeness (QED) is 0.921. The minimum atomic E-state index is -4.32. The first-order valence-electron chi connectivity index (χ1n) is 7.12. The molecule has 122 valence electrons. The maximum Gasteiger partial charge on any atom is 0.416 e. The standard InChI is InChI=1S/C15H20F3N3O/c1-20-6-7-21(10-12(9-20)14(19)22)8-11-2-4-13(5-3-11)15(16,17)18/h2-5,12H,6-10H2,1H3,(H2,19,22)/t12-/m0/s1. The second-order valence-electron chi connectivity index (χ2n) is 5.79. The van der Waals surface area contributed by atoms with E-state index in [0.29, 0.717) is 19.6 Å². The van der Waals surface area contributed by atoms with E-state index in [1.165, 1.54) is 12.1 Å². The molecule has 4 nitrogen and oxygen atoms in total. The minimum absolute atomic E-state index is 0.262. The van der Waals surface area contributed by atoms with Crippen LogP contribution in [-0.2, 0) is 17.5 Å². The van der Waals surface area contributed by atoms with E-state index in [1.54, 1.807) is 0 Å². The Labute approximate surface area is 127 Å². The highest BCUT2D eigenvalue weighted by Crippen LogP contribution is 2.29. The Bertz CT molecular complexity index is 516. The Morgan fingerprint density at radius 1 is 1.23 bits per heavy atom. The van der Waals surface area contributed by atoms with Crippen molar-refractivity contribution in [2.45, 2.75) is 12.7 Å². The van der Waals surface area contributed by atoms with E-state index in [4.69, 9.17) is 5.73 Å². The number of primary amides is 1. The highest BCUT2D eigenvalue weighted by molar-refractivity contribution is 5.77. The largest absolute Gasteiger partial charge is 0.416 e. The van der Waals surface area contributed by atoms with Crippen molar-refractivity contribution in [3.05, 3.63) is 35.4 Å². The van der Waals surface area contributed by atoms with Gasteiger partial charge < -0.3 is 10.6 Å². The number of alkyl halides is 3. The molecule has 0 aliphatic carbocycles. The monoisotopic (exact) mass is 315 g/mol. The van der Waals surface area contributed by atoms with E-state index in [9.17, 15) is 18.0 Å². The zero-order chi connectivity index (χ0) is 16.3. The Morgan fingerprint density at radius 2 is 1.86 bits per heavy atom. The van der Waals surface area contributed by atoms with E-state index < -0.39 is 11.7 Å². The van der Waals surface area contributed by atoms with Gasteiger partial charge in [-0.25, -0.2) is 0 Å². The SMILES string of the molecule is CN1CCN(Cc2ccc(C(F)(F)F)cc2)C[C@@H](C(N)=O)C1. The third-order valence-electron chi connectivity index (χ3n) is 3.90. The van der Waals surface area contributed by atoms with E-state index in [2.05, 4.69) is 4.90 Å². The molecule has 2 N–H and O–H groups in total. The Balaban J connectivity index is 2.04. The van der Waals surface area contributed by atoms with Gasteiger partial charge in [0.05, 0.1) is 11.5 Å². The van der Waals surface area contributed by atoms with Gasteiger partial charge in [0, 0.05) is 32.7 Å². The van der Waals surface area contributed by atoms with Gasteiger partial charge in [-0.05, 0) is 24.7 Å². The van der Waals surface area contributed by atoms with Gasteiger partial charge in [-0.2, -0.15) is 13.2 Å². The van der Waals surface area contributed by atoms with Crippen molar-refractivity contribution < 1.29 is 18.0 Å². The molecule has 0 saturated carbocycles. The van der Waals surface area contributed by atoms with Crippen molar-refractivity contribution in [2.24, 2.45) is 11.7 Å². The Morgan fingerprint density at radius 3 is 2.41 bits per heavy atom. The van der Waals surface area contributed by atoms with Crippen LogP contribution in [0, 0.1) is 5.92 Å². The number of rotatable bonds is 3. The van der Waals surface area contributed by atoms with Gasteiger partial charge in [-0.1, -0.05) is 12.1 Å². The molecule has 0 spiro atoms. The van der Waals surface area contributed by atoms with E-state index >= 15 is 0 Å². The number of carbonyl (C=O) groups is 1. The number of carbonyl (C=O) groups excluding carboxylic acids is 1. The normalized spacial score (nSPS) is 21.5. The average Bonchev–Trinajstić information content (AvgIpc) is 2.61. The van der Waals surface area contributed by atoms with Crippen LogP contribution in [0.4, 0.5) is 13.2 Å². The fourth-order valence-corrected chi connectivity index (χ4v) is 2.62. The molecule has 1 atom stereocenters. The first-order chi connectivity index (χ1) is 10.3. The van der Waals surface area contributed by atoms with Crippen molar-refractivity contribution in [2.75, 3.05) is 33.2 Å². The molecule has 0 aromatic heterocycles. The first-order valence-corrected chi connectivity index (χ1v) is 7.12. The molecule has 1 aliphatic heterocycles. The summed E-state index contributed by atoms with van der Waals surface area (Å²) >= 11 is 0. The first kappa shape index (κ1) is 16.8. The van der Waals surface area contributed by atoms with Gasteiger partial charge >= 0.3 is 6.18 Å². The number of nitrogens with zero attached hydrogens (tertiary/aromatic N) is 2. The van der Waals surface area contributed by atoms with Crippen LogP contribution >= 0.6 is 0 Å². The summed E-state index contributed by atoms with van der Waals surface area (Å²) in [6.07, 6.45) is -4.32. The lowest BCUT2D eigenvalue weighted by Crippen LogP contribution is -2.37. The van der Waals surface area contributed by atoms with Crippen LogP contribution in [0.15, 0.2) is 24.3 Å². The topological polar surface area (TPSA) is 49.6 Å². The summed E-state index contributed by atoms with van der Waals surface area (Å²) in [6.45, 7) is 3.20. The van der Waals surface area contributed by atoms with E-state index in [-0.39, 0.29) is 11.8 Å². The summed E-state index contributed by atoms with van der Waals surface area (Å²) in [5.41, 5.74) is 5.55. The molecular weight excluding hydrogens is 295 g/mol. The fraction of sp³-hybridized carbons (Fsp3) is 0.533. The van der Waals surface area contributed by atoms with Crippen LogP contribution in [-0.4, -0.2) is 48.9 Å². The highest BCUT2D eigenvalue weighted by atomic mass is 19.4. The Hall–Kier alpha value is -1.60. The minimum Gasteiger partial charge on any atom is -0.369 e. The van der Waals surface area contributed by atoms with E-state index in [0.717, 1.165) is 30.8 Å². The predicted octanol–water partition coefficient (Wildman–Crippen LogP) is 1.55. The molecule has 22 heavy (non-hydrogen) atoms. The smallest absolute Gasteiger partial charge is 0.369 e. The number of halogens is 3. The third-order valence-corrected chi connectivity index (χ3v) is 3.90. The van der Waals surface area contributed by atoms with Crippen LogP contribution in [0.3, 0.4) is 0 Å². The maximum atomic E-state index is 12.5. The molecule has 1 aromatic rings. The second-order valence-corrected chi connectivity index (χ2v) is 5.79. The zero-order valence-electron chi connectivity index (χ0n) is 12.4. The van der Waals surface area contributed by atoms with Gasteiger partial charge in [0.1, 0.15) is 0 Å². The van der Waals surface area contributed by atoms with Gasteiger partial charge in [-0.15, -0.1) is 0 Å². The summed E-state index contributed by atoms with van der Waals surface area (Å²) < 4.78 is 37.6. The number of nitrogens with two attached hydrogens (primary N) is 1. The van der Waals surface area contributed by atoms with Gasteiger partial charge in [0.25, 0.3) is 0 Å². The van der Waals surface area contributed by atoms with Gasteiger partial charge in [0.2, 0.25) is 5.91 Å². The van der Waals surface area contributed by atoms with Crippen molar-refractivity contribution in [1.29, 1.82) is 0 Å².